The zero-order valence-electron chi connectivity index (χ0n) is 14.5. The summed E-state index contributed by atoms with van der Waals surface area (Å²) in [5.74, 6) is 0.961. The predicted octanol–water partition coefficient (Wildman–Crippen LogP) is 3.13. The average molecular weight is 410 g/mol. The highest BCUT2D eigenvalue weighted by atomic mass is 127. The average Bonchev–Trinajstić information content (AvgIpc) is 2.32. The molecule has 0 amide bonds. The lowest BCUT2D eigenvalue weighted by Crippen LogP contribution is -2.45. The highest BCUT2D eigenvalue weighted by molar-refractivity contribution is 14.0. The fourth-order valence-corrected chi connectivity index (χ4v) is 2.51. The van der Waals surface area contributed by atoms with Crippen LogP contribution in [0.2, 0.25) is 0 Å². The molecule has 1 aliphatic rings. The zero-order chi connectivity index (χ0) is 15.1. The van der Waals surface area contributed by atoms with Crippen molar-refractivity contribution in [3.63, 3.8) is 0 Å². The van der Waals surface area contributed by atoms with Gasteiger partial charge in [0, 0.05) is 31.7 Å². The van der Waals surface area contributed by atoms with Gasteiger partial charge in [-0.2, -0.15) is 0 Å². The van der Waals surface area contributed by atoms with E-state index in [1.807, 2.05) is 0 Å². The molecule has 0 aromatic rings. The van der Waals surface area contributed by atoms with Crippen LogP contribution < -0.4 is 16.0 Å². The molecule has 3 N–H and O–H groups in total. The molecule has 1 aliphatic carbocycles. The molecule has 0 saturated heterocycles. The highest BCUT2D eigenvalue weighted by Crippen LogP contribution is 2.43. The van der Waals surface area contributed by atoms with Crippen molar-refractivity contribution in [1.29, 1.82) is 0 Å². The van der Waals surface area contributed by atoms with Crippen LogP contribution in [-0.4, -0.2) is 37.7 Å². The van der Waals surface area contributed by atoms with Crippen molar-refractivity contribution in [1.82, 2.24) is 16.0 Å². The van der Waals surface area contributed by atoms with E-state index in [0.717, 1.165) is 32.1 Å². The van der Waals surface area contributed by atoms with Gasteiger partial charge < -0.3 is 16.0 Å². The number of rotatable bonds is 7. The van der Waals surface area contributed by atoms with Crippen molar-refractivity contribution in [3.8, 4) is 0 Å². The van der Waals surface area contributed by atoms with Gasteiger partial charge in [0.2, 0.25) is 0 Å². The van der Waals surface area contributed by atoms with Gasteiger partial charge in [0.15, 0.2) is 5.96 Å². The van der Waals surface area contributed by atoms with Gasteiger partial charge in [-0.15, -0.1) is 24.0 Å². The number of nitrogens with zero attached hydrogens (tertiary/aromatic N) is 1. The van der Waals surface area contributed by atoms with Gasteiger partial charge in [-0.05, 0) is 52.4 Å². The van der Waals surface area contributed by atoms with Crippen LogP contribution in [0, 0.1) is 5.41 Å². The summed E-state index contributed by atoms with van der Waals surface area (Å²) in [6.45, 7) is 14.7. The fourth-order valence-electron chi connectivity index (χ4n) is 2.51. The third-order valence-corrected chi connectivity index (χ3v) is 4.15. The molecule has 5 heteroatoms. The van der Waals surface area contributed by atoms with E-state index in [4.69, 9.17) is 4.99 Å². The second-order valence-corrected chi connectivity index (χ2v) is 7.01. The van der Waals surface area contributed by atoms with Crippen LogP contribution in [0.4, 0.5) is 0 Å². The Morgan fingerprint density at radius 3 is 2.19 bits per heavy atom. The van der Waals surface area contributed by atoms with Gasteiger partial charge in [0.05, 0.1) is 0 Å². The molecule has 0 aliphatic heterocycles. The summed E-state index contributed by atoms with van der Waals surface area (Å²) < 4.78 is 0. The molecule has 0 unspecified atom stereocenters. The lowest BCUT2D eigenvalue weighted by Gasteiger charge is -2.40. The summed E-state index contributed by atoms with van der Waals surface area (Å²) in [5, 5.41) is 10.2. The Hall–Kier alpha value is -0.0400. The number of hydrogen-bond donors (Lipinski definition) is 3. The van der Waals surface area contributed by atoms with Crippen LogP contribution in [0.25, 0.3) is 0 Å². The van der Waals surface area contributed by atoms with Crippen molar-refractivity contribution >= 4 is 29.9 Å². The van der Waals surface area contributed by atoms with E-state index < -0.39 is 0 Å². The molecule has 126 valence electrons. The molecule has 1 saturated carbocycles. The van der Waals surface area contributed by atoms with E-state index >= 15 is 0 Å². The topological polar surface area (TPSA) is 48.5 Å². The van der Waals surface area contributed by atoms with Gasteiger partial charge in [-0.1, -0.05) is 13.3 Å². The number of nitrogens with one attached hydrogen (secondary N) is 3. The first-order chi connectivity index (χ1) is 9.41. The quantitative estimate of drug-likeness (QED) is 0.262. The fraction of sp³-hybridized carbons (Fsp3) is 0.938. The SMILES string of the molecule is CCNC(=NCC1(CC)CCC1)NCCNC(C)(C)C.I. The first-order valence-electron chi connectivity index (χ1n) is 8.18. The van der Waals surface area contributed by atoms with Crippen LogP contribution in [0.5, 0.6) is 0 Å². The summed E-state index contributed by atoms with van der Waals surface area (Å²) in [6.07, 6.45) is 5.32. The molecule has 4 nitrogen and oxygen atoms in total. The smallest absolute Gasteiger partial charge is 0.191 e. The third-order valence-electron chi connectivity index (χ3n) is 4.15. The maximum Gasteiger partial charge on any atom is 0.191 e. The molecule has 0 radical (unpaired) electrons. The summed E-state index contributed by atoms with van der Waals surface area (Å²) in [6, 6.07) is 0. The standard InChI is InChI=1S/C16H34N4.HI/c1-6-16(9-8-10-16)13-19-14(17-7-2)18-11-12-20-15(3,4)5;/h20H,6-13H2,1-5H3,(H2,17,18,19);1H. The second-order valence-electron chi connectivity index (χ2n) is 7.01. The number of guanidine groups is 1. The van der Waals surface area contributed by atoms with Crippen molar-refractivity contribution in [3.05, 3.63) is 0 Å². The Kier molecular flexibility index (Phi) is 9.85. The molecule has 0 heterocycles. The Balaban J connectivity index is 0.00000400. The zero-order valence-corrected chi connectivity index (χ0v) is 16.8. The van der Waals surface area contributed by atoms with E-state index in [9.17, 15) is 0 Å². The van der Waals surface area contributed by atoms with E-state index in [1.54, 1.807) is 0 Å². The minimum atomic E-state index is 0. The molecule has 0 aromatic carbocycles. The van der Waals surface area contributed by atoms with Crippen molar-refractivity contribution in [2.45, 2.75) is 65.8 Å². The Bertz CT molecular complexity index is 300. The van der Waals surface area contributed by atoms with Crippen LogP contribution in [0.15, 0.2) is 4.99 Å². The maximum absolute atomic E-state index is 4.78. The van der Waals surface area contributed by atoms with Crippen molar-refractivity contribution < 1.29 is 0 Å². The Morgan fingerprint density at radius 1 is 1.10 bits per heavy atom. The highest BCUT2D eigenvalue weighted by Gasteiger charge is 2.34. The Labute approximate surface area is 148 Å². The van der Waals surface area contributed by atoms with Gasteiger partial charge in [-0.3, -0.25) is 4.99 Å². The van der Waals surface area contributed by atoms with Gasteiger partial charge in [0.25, 0.3) is 0 Å². The van der Waals surface area contributed by atoms with E-state index in [-0.39, 0.29) is 29.5 Å². The summed E-state index contributed by atoms with van der Waals surface area (Å²) in [4.78, 5) is 4.78. The molecule has 0 atom stereocenters. The van der Waals surface area contributed by atoms with Crippen LogP contribution in [-0.2, 0) is 0 Å². The van der Waals surface area contributed by atoms with E-state index in [2.05, 4.69) is 50.6 Å². The minimum Gasteiger partial charge on any atom is -0.357 e. The molecule has 1 fully saturated rings. The van der Waals surface area contributed by atoms with Crippen molar-refractivity contribution in [2.75, 3.05) is 26.2 Å². The van der Waals surface area contributed by atoms with Crippen LogP contribution in [0.1, 0.15) is 60.3 Å². The number of hydrogen-bond acceptors (Lipinski definition) is 2. The molecular weight excluding hydrogens is 375 g/mol. The first-order valence-corrected chi connectivity index (χ1v) is 8.18. The van der Waals surface area contributed by atoms with Gasteiger partial charge in [-0.25, -0.2) is 0 Å². The van der Waals surface area contributed by atoms with Gasteiger partial charge >= 0.3 is 0 Å². The maximum atomic E-state index is 4.78. The van der Waals surface area contributed by atoms with E-state index in [1.165, 1.54) is 25.7 Å². The first kappa shape index (κ1) is 21.0. The third kappa shape index (κ3) is 8.24. The largest absolute Gasteiger partial charge is 0.357 e. The predicted molar refractivity (Wildman–Crippen MR) is 104 cm³/mol. The molecule has 0 bridgehead atoms. The summed E-state index contributed by atoms with van der Waals surface area (Å²) >= 11 is 0. The Morgan fingerprint density at radius 2 is 1.76 bits per heavy atom. The summed E-state index contributed by atoms with van der Waals surface area (Å²) in [7, 11) is 0. The summed E-state index contributed by atoms with van der Waals surface area (Å²) in [5.41, 5.74) is 0.668. The van der Waals surface area contributed by atoms with Crippen molar-refractivity contribution in [2.24, 2.45) is 10.4 Å². The molecule has 21 heavy (non-hydrogen) atoms. The van der Waals surface area contributed by atoms with Gasteiger partial charge in [0.1, 0.15) is 0 Å². The lowest BCUT2D eigenvalue weighted by molar-refractivity contribution is 0.139. The van der Waals surface area contributed by atoms with E-state index in [0.29, 0.717) is 5.41 Å². The number of aliphatic imine (C=N–C) groups is 1. The number of halogens is 1. The van der Waals surface area contributed by atoms with Crippen LogP contribution in [0.3, 0.4) is 0 Å². The minimum absolute atomic E-state index is 0. The molecule has 1 rings (SSSR count). The monoisotopic (exact) mass is 410 g/mol. The lowest BCUT2D eigenvalue weighted by atomic mass is 9.67. The molecular formula is C16H35IN4. The second kappa shape index (κ2) is 9.87. The normalized spacial score (nSPS) is 17.7. The van der Waals surface area contributed by atoms with Crippen LogP contribution >= 0.6 is 24.0 Å². The molecule has 0 aromatic heterocycles. The molecule has 0 spiro atoms.